The topological polar surface area (TPSA) is 381 Å². The van der Waals surface area contributed by atoms with Gasteiger partial charge in [-0.15, -0.1) is 0 Å². The van der Waals surface area contributed by atoms with E-state index >= 15 is 0 Å². The van der Waals surface area contributed by atoms with Crippen molar-refractivity contribution in [2.75, 3.05) is 37.8 Å². The van der Waals surface area contributed by atoms with Crippen molar-refractivity contribution in [2.24, 2.45) is 5.41 Å². The molecule has 25 nitrogen and oxygen atoms in total. The number of rotatable bonds is 21. The molecule has 10 N–H and O–H groups in total. The van der Waals surface area contributed by atoms with Crippen molar-refractivity contribution < 1.29 is 85.3 Å². The van der Waals surface area contributed by atoms with Gasteiger partial charge in [0.15, 0.2) is 17.7 Å². The zero-order valence-electron chi connectivity index (χ0n) is 28.7. The highest BCUT2D eigenvalue weighted by molar-refractivity contribution is 7.80. The maximum atomic E-state index is 12.7. The summed E-state index contributed by atoms with van der Waals surface area (Å²) in [5.41, 5.74) is 3.89. The fourth-order valence-corrected chi connectivity index (χ4v) is 7.57. The minimum Gasteiger partial charge on any atom is -0.386 e. The summed E-state index contributed by atoms with van der Waals surface area (Å²) in [5, 5.41) is 26.3. The van der Waals surface area contributed by atoms with E-state index in [2.05, 4.69) is 47.0 Å². The molecule has 1 saturated heterocycles. The van der Waals surface area contributed by atoms with Crippen LogP contribution in [0.1, 0.15) is 50.5 Å². The van der Waals surface area contributed by atoms with Gasteiger partial charge in [-0.25, -0.2) is 28.6 Å². The van der Waals surface area contributed by atoms with Crippen molar-refractivity contribution in [1.29, 1.82) is 0 Å². The zero-order chi connectivity index (χ0) is 40.8. The number of nitrogen functional groups attached to an aromatic ring is 1. The van der Waals surface area contributed by atoms with E-state index in [1.807, 2.05) is 0 Å². The number of carbonyl (C=O) groups is 4. The van der Waals surface area contributed by atoms with Crippen LogP contribution in [0.3, 0.4) is 0 Å². The lowest BCUT2D eigenvalue weighted by atomic mass is 9.87. The molecular weight excluding hydrogens is 811 g/mol. The van der Waals surface area contributed by atoms with Crippen molar-refractivity contribution in [1.82, 2.24) is 30.2 Å². The Morgan fingerprint density at radius 3 is 2.33 bits per heavy atom. The fraction of sp³-hybridized carbons (Fsp3) is 0.640. The number of hydrogen-bond acceptors (Lipinski definition) is 19. The van der Waals surface area contributed by atoms with E-state index in [0.717, 1.165) is 17.8 Å². The molecule has 0 aliphatic carbocycles. The summed E-state index contributed by atoms with van der Waals surface area (Å²) in [4.78, 5) is 99.0. The Bertz CT molecular complexity index is 1860. The second kappa shape index (κ2) is 18.4. The minimum absolute atomic E-state index is 0.120. The van der Waals surface area contributed by atoms with Gasteiger partial charge in [-0.3, -0.25) is 37.3 Å². The first kappa shape index (κ1) is 45.6. The first-order valence-electron chi connectivity index (χ1n) is 15.5. The van der Waals surface area contributed by atoms with Gasteiger partial charge < -0.3 is 50.9 Å². The molecule has 1 aliphatic rings. The van der Waals surface area contributed by atoms with E-state index in [-0.39, 0.29) is 29.9 Å². The SMILES string of the molecule is CC(=O)CC(=O)c1nc(N)c2ncn([C@@H]3O[C@H](COP(=O)(O)OP(=O)(O)OCC(C)(C)[C@@H](O)C(=O)NCCC(=O)NCCS)[C@@H](OP(=O)(O)O)[C@H]3O)c2n1. The van der Waals surface area contributed by atoms with Gasteiger partial charge in [0.05, 0.1) is 26.0 Å². The predicted molar refractivity (Wildman–Crippen MR) is 183 cm³/mol. The second-order valence-electron chi connectivity index (χ2n) is 12.3. The number of Topliss-reactive ketones (excluding diaryl/α,β-unsaturated/α-hetero) is 2. The summed E-state index contributed by atoms with van der Waals surface area (Å²) in [6.07, 6.45) is -9.18. The maximum absolute atomic E-state index is 12.7. The monoisotopic (exact) mass is 851 g/mol. The standard InChI is InChI=1S/C25H40N7O18P3S/c1-12(33)8-13(34)21-30-20(26)16-22(31-21)32(11-29-16)24-17(36)18(49-51(39,40)41)14(48-24)9-46-52(42,43)50-53(44,45)47-10-25(2,3)19(37)23(38)28-5-4-15(35)27-6-7-54/h11,14,17-19,24,36-37,54H,4-10H2,1-3H3,(H,27,35)(H,28,38)(H,42,43)(H,44,45)(H2,26,30,31)(H2,39,40,41)/t14-,17-,18-,19+,24-/m1/s1. The van der Waals surface area contributed by atoms with Gasteiger partial charge >= 0.3 is 23.5 Å². The van der Waals surface area contributed by atoms with Crippen LogP contribution in [0, 0.1) is 5.41 Å². The van der Waals surface area contributed by atoms with E-state index in [9.17, 15) is 62.7 Å². The second-order valence-corrected chi connectivity index (χ2v) is 17.0. The Morgan fingerprint density at radius 2 is 1.72 bits per heavy atom. The van der Waals surface area contributed by atoms with E-state index < -0.39 is 108 Å². The summed E-state index contributed by atoms with van der Waals surface area (Å²) in [6.45, 7) is 1.65. The number of nitrogens with one attached hydrogen (secondary N) is 2. The van der Waals surface area contributed by atoms with Gasteiger partial charge in [-0.05, 0) is 6.92 Å². The van der Waals surface area contributed by atoms with Crippen molar-refractivity contribution in [2.45, 2.75) is 64.3 Å². The van der Waals surface area contributed by atoms with Crippen LogP contribution in [0.15, 0.2) is 6.33 Å². The number of fused-ring (bicyclic) bond motifs is 1. The molecule has 2 amide bonds. The molecule has 7 atom stereocenters. The zero-order valence-corrected chi connectivity index (χ0v) is 32.2. The van der Waals surface area contributed by atoms with Crippen LogP contribution >= 0.6 is 36.1 Å². The molecule has 0 aromatic carbocycles. The number of hydrogen-bond donors (Lipinski definition) is 10. The highest BCUT2D eigenvalue weighted by atomic mass is 32.1. The van der Waals surface area contributed by atoms with Gasteiger partial charge in [0.25, 0.3) is 0 Å². The van der Waals surface area contributed by atoms with Crippen LogP contribution in [0.5, 0.6) is 0 Å². The number of aliphatic hydroxyl groups is 2. The largest absolute Gasteiger partial charge is 0.481 e. The highest BCUT2D eigenvalue weighted by Gasteiger charge is 2.50. The quantitative estimate of drug-likeness (QED) is 0.0295. The number of phosphoric ester groups is 3. The van der Waals surface area contributed by atoms with Crippen LogP contribution in [-0.4, -0.2) is 129 Å². The average molecular weight is 852 g/mol. The summed E-state index contributed by atoms with van der Waals surface area (Å²) in [6, 6.07) is 0. The van der Waals surface area contributed by atoms with Crippen molar-refractivity contribution in [3.8, 4) is 0 Å². The van der Waals surface area contributed by atoms with Crippen molar-refractivity contribution in [3.63, 3.8) is 0 Å². The third-order valence-electron chi connectivity index (χ3n) is 7.23. The molecule has 3 rings (SSSR count). The van der Waals surface area contributed by atoms with Crippen LogP contribution in [-0.2, 0) is 50.7 Å². The number of amides is 2. The molecule has 1 fully saturated rings. The third kappa shape index (κ3) is 12.9. The lowest BCUT2D eigenvalue weighted by Gasteiger charge is -2.30. The molecule has 0 bridgehead atoms. The summed E-state index contributed by atoms with van der Waals surface area (Å²) in [7, 11) is -16.6. The molecule has 0 spiro atoms. The molecule has 54 heavy (non-hydrogen) atoms. The van der Waals surface area contributed by atoms with Gasteiger partial charge in [0.1, 0.15) is 35.7 Å². The van der Waals surface area contributed by atoms with E-state index in [1.165, 1.54) is 13.8 Å². The average Bonchev–Trinajstić information content (AvgIpc) is 3.60. The van der Waals surface area contributed by atoms with Gasteiger partial charge in [0.2, 0.25) is 23.4 Å². The number of nitrogens with two attached hydrogens (primary N) is 1. The van der Waals surface area contributed by atoms with E-state index in [0.29, 0.717) is 12.3 Å². The third-order valence-corrected chi connectivity index (χ3v) is 10.6. The number of imidazole rings is 1. The number of ketones is 2. The molecule has 1 aliphatic heterocycles. The molecule has 3 heterocycles. The van der Waals surface area contributed by atoms with Crippen LogP contribution in [0.25, 0.3) is 11.2 Å². The molecule has 304 valence electrons. The lowest BCUT2D eigenvalue weighted by molar-refractivity contribution is -0.137. The maximum Gasteiger partial charge on any atom is 0.481 e. The minimum atomic E-state index is -5.63. The summed E-state index contributed by atoms with van der Waals surface area (Å²) >= 11 is 3.95. The molecule has 0 saturated carbocycles. The van der Waals surface area contributed by atoms with E-state index in [1.54, 1.807) is 0 Å². The smallest absolute Gasteiger partial charge is 0.386 e. The number of nitrogens with zero attached hydrogens (tertiary/aromatic N) is 4. The van der Waals surface area contributed by atoms with Gasteiger partial charge in [-0.1, -0.05) is 13.8 Å². The first-order valence-corrected chi connectivity index (χ1v) is 20.6. The molecule has 2 aromatic heterocycles. The Morgan fingerprint density at radius 1 is 1.07 bits per heavy atom. The normalized spacial score (nSPS) is 22.0. The van der Waals surface area contributed by atoms with E-state index in [4.69, 9.17) is 19.5 Å². The van der Waals surface area contributed by atoms with Gasteiger partial charge in [-0.2, -0.15) is 16.9 Å². The van der Waals surface area contributed by atoms with Crippen LogP contribution in [0.4, 0.5) is 5.82 Å². The van der Waals surface area contributed by atoms with Crippen molar-refractivity contribution >= 4 is 76.5 Å². The Kier molecular flexibility index (Phi) is 15.6. The number of thiol groups is 1. The van der Waals surface area contributed by atoms with Gasteiger partial charge in [0, 0.05) is 30.7 Å². The number of aliphatic hydroxyl groups excluding tert-OH is 2. The summed E-state index contributed by atoms with van der Waals surface area (Å²) in [5.74, 6) is -3.13. The number of ether oxygens (including phenoxy) is 1. The highest BCUT2D eigenvalue weighted by Crippen LogP contribution is 2.61. The number of carbonyl (C=O) groups excluding carboxylic acids is 4. The first-order chi connectivity index (χ1) is 24.9. The van der Waals surface area contributed by atoms with Crippen LogP contribution < -0.4 is 16.4 Å². The van der Waals surface area contributed by atoms with Crippen LogP contribution in [0.2, 0.25) is 0 Å². The lowest BCUT2D eigenvalue weighted by Crippen LogP contribution is -2.46. The molecule has 2 aromatic rings. The molecule has 2 unspecified atom stereocenters. The molecule has 29 heteroatoms. The number of anilines is 1. The predicted octanol–water partition coefficient (Wildman–Crippen LogP) is -1.50. The fourth-order valence-electron chi connectivity index (χ4n) is 4.63. The molecular formula is C25H40N7O18P3S. The molecule has 0 radical (unpaired) electrons. The Hall–Kier alpha value is -2.77. The number of aromatic nitrogens is 4. The Balaban J connectivity index is 1.69. The Labute approximate surface area is 311 Å². The number of phosphoric acid groups is 3. The van der Waals surface area contributed by atoms with Crippen molar-refractivity contribution in [3.05, 3.63) is 12.2 Å². The summed E-state index contributed by atoms with van der Waals surface area (Å²) < 4.78 is 62.0.